The van der Waals surface area contributed by atoms with Gasteiger partial charge in [0.15, 0.2) is 11.5 Å². The van der Waals surface area contributed by atoms with Gasteiger partial charge >= 0.3 is 12.1 Å². The lowest BCUT2D eigenvalue weighted by atomic mass is 10.0. The fourth-order valence-electron chi connectivity index (χ4n) is 4.19. The smallest absolute Gasteiger partial charge is 0.490 e. The Kier molecular flexibility index (Phi) is 7.37. The number of rotatable bonds is 6. The minimum atomic E-state index is -5.08. The molecule has 3 N–H and O–H groups in total. The van der Waals surface area contributed by atoms with Crippen LogP contribution in [0.1, 0.15) is 38.6 Å². The van der Waals surface area contributed by atoms with E-state index < -0.39 is 12.1 Å². The Hall–Kier alpha value is -2.69. The van der Waals surface area contributed by atoms with Gasteiger partial charge in [-0.25, -0.2) is 9.78 Å². The first kappa shape index (κ1) is 24.0. The maximum Gasteiger partial charge on any atom is 0.490 e. The first-order chi connectivity index (χ1) is 15.1. The number of halogens is 3. The van der Waals surface area contributed by atoms with Crippen LogP contribution in [0.25, 0.3) is 11.0 Å². The number of hydrogen-bond donors (Lipinski definition) is 2. The molecule has 1 aromatic heterocycles. The van der Waals surface area contributed by atoms with Crippen molar-refractivity contribution < 1.29 is 32.5 Å². The van der Waals surface area contributed by atoms with Crippen molar-refractivity contribution in [1.29, 1.82) is 0 Å². The Morgan fingerprint density at radius 1 is 1.25 bits per heavy atom. The molecule has 0 amide bonds. The predicted molar refractivity (Wildman–Crippen MR) is 113 cm³/mol. The molecule has 0 atom stereocenters. The molecule has 32 heavy (non-hydrogen) atoms. The molecule has 0 unspecified atom stereocenters. The van der Waals surface area contributed by atoms with E-state index in [-0.39, 0.29) is 0 Å². The van der Waals surface area contributed by atoms with Crippen LogP contribution in [-0.4, -0.2) is 65.1 Å². The molecule has 2 aliphatic rings. The molecule has 0 bridgehead atoms. The number of carbonyl (C=O) groups is 1. The van der Waals surface area contributed by atoms with Gasteiger partial charge in [-0.3, -0.25) is 0 Å². The van der Waals surface area contributed by atoms with Crippen LogP contribution < -0.4 is 15.2 Å². The van der Waals surface area contributed by atoms with Gasteiger partial charge in [0.2, 0.25) is 5.95 Å². The van der Waals surface area contributed by atoms with Crippen molar-refractivity contribution in [2.24, 2.45) is 5.92 Å². The van der Waals surface area contributed by atoms with Crippen LogP contribution in [-0.2, 0) is 4.79 Å². The van der Waals surface area contributed by atoms with Crippen molar-refractivity contribution in [2.45, 2.75) is 44.8 Å². The van der Waals surface area contributed by atoms with E-state index in [1.54, 1.807) is 7.11 Å². The second kappa shape index (κ2) is 9.85. The highest BCUT2D eigenvalue weighted by Crippen LogP contribution is 2.38. The number of ether oxygens (including phenoxy) is 2. The third kappa shape index (κ3) is 5.37. The van der Waals surface area contributed by atoms with Crippen molar-refractivity contribution in [2.75, 3.05) is 39.1 Å². The van der Waals surface area contributed by atoms with Crippen molar-refractivity contribution in [1.82, 2.24) is 14.5 Å². The predicted octanol–water partition coefficient (Wildman–Crippen LogP) is 3.71. The van der Waals surface area contributed by atoms with Crippen LogP contribution in [0.5, 0.6) is 11.5 Å². The Morgan fingerprint density at radius 2 is 1.88 bits per heavy atom. The van der Waals surface area contributed by atoms with Crippen molar-refractivity contribution in [3.8, 4) is 11.5 Å². The summed E-state index contributed by atoms with van der Waals surface area (Å²) in [7, 11) is 1.69. The minimum absolute atomic E-state index is 0.455. The van der Waals surface area contributed by atoms with E-state index >= 15 is 0 Å². The number of alkyl halides is 3. The topological polar surface area (TPSA) is 103 Å². The number of imidazole rings is 1. The Labute approximate surface area is 184 Å². The molecule has 1 saturated heterocycles. The number of carboxylic acids is 1. The van der Waals surface area contributed by atoms with Crippen LogP contribution in [0, 0.1) is 5.92 Å². The largest absolute Gasteiger partial charge is 0.493 e. The van der Waals surface area contributed by atoms with Crippen LogP contribution in [0.15, 0.2) is 12.1 Å². The SMILES string of the molecule is CCN1CC(COc2cc3nc(N)n(C4CCCC4)c3cc2OC)C1.O=C(O)C(F)(F)F. The van der Waals surface area contributed by atoms with Gasteiger partial charge in [0.25, 0.3) is 0 Å². The number of likely N-dealkylation sites (tertiary alicyclic amines) is 1. The third-order valence-electron chi connectivity index (χ3n) is 5.89. The van der Waals surface area contributed by atoms with Crippen LogP contribution in [0.2, 0.25) is 0 Å². The number of carboxylic acid groups (broad SMARTS) is 1. The molecule has 1 aliphatic heterocycles. The normalized spacial score (nSPS) is 17.7. The Morgan fingerprint density at radius 3 is 2.41 bits per heavy atom. The lowest BCUT2D eigenvalue weighted by Gasteiger charge is -2.38. The Balaban J connectivity index is 0.000000360. The van der Waals surface area contributed by atoms with Gasteiger partial charge in [-0.15, -0.1) is 0 Å². The summed E-state index contributed by atoms with van der Waals surface area (Å²) in [6, 6.07) is 4.47. The quantitative estimate of drug-likeness (QED) is 0.680. The molecule has 4 rings (SSSR count). The van der Waals surface area contributed by atoms with Gasteiger partial charge in [0.1, 0.15) is 0 Å². The number of benzene rings is 1. The second-order valence-electron chi connectivity index (χ2n) is 8.10. The summed E-state index contributed by atoms with van der Waals surface area (Å²) in [5.74, 6) is -0.0352. The number of nitrogens with two attached hydrogens (primary N) is 1. The lowest BCUT2D eigenvalue weighted by molar-refractivity contribution is -0.192. The fraction of sp³-hybridized carbons (Fsp3) is 0.619. The molecule has 178 valence electrons. The third-order valence-corrected chi connectivity index (χ3v) is 5.89. The van der Waals surface area contributed by atoms with E-state index in [4.69, 9.17) is 25.1 Å². The van der Waals surface area contributed by atoms with Gasteiger partial charge in [0, 0.05) is 37.2 Å². The summed E-state index contributed by atoms with van der Waals surface area (Å²) in [6.45, 7) is 6.26. The number of nitrogens with zero attached hydrogens (tertiary/aromatic N) is 3. The zero-order chi connectivity index (χ0) is 23.5. The molecule has 8 nitrogen and oxygen atoms in total. The number of fused-ring (bicyclic) bond motifs is 1. The van der Waals surface area contributed by atoms with Crippen molar-refractivity contribution in [3.63, 3.8) is 0 Å². The van der Waals surface area contributed by atoms with E-state index in [9.17, 15) is 13.2 Å². The van der Waals surface area contributed by atoms with E-state index in [0.29, 0.717) is 17.9 Å². The van der Waals surface area contributed by atoms with Gasteiger partial charge in [-0.05, 0) is 19.4 Å². The molecule has 1 aromatic carbocycles. The van der Waals surface area contributed by atoms with Crippen molar-refractivity contribution in [3.05, 3.63) is 12.1 Å². The molecule has 2 heterocycles. The molecule has 11 heteroatoms. The lowest BCUT2D eigenvalue weighted by Crippen LogP contribution is -2.48. The summed E-state index contributed by atoms with van der Waals surface area (Å²) in [4.78, 5) is 15.9. The molecule has 1 saturated carbocycles. The maximum atomic E-state index is 10.6. The fourth-order valence-corrected chi connectivity index (χ4v) is 4.19. The molecular formula is C21H29F3N4O4. The van der Waals surface area contributed by atoms with Crippen LogP contribution >= 0.6 is 0 Å². The van der Waals surface area contributed by atoms with Gasteiger partial charge in [-0.2, -0.15) is 13.2 Å². The number of aromatic nitrogens is 2. The zero-order valence-electron chi connectivity index (χ0n) is 18.2. The highest BCUT2D eigenvalue weighted by Gasteiger charge is 2.38. The first-order valence-corrected chi connectivity index (χ1v) is 10.6. The average Bonchev–Trinajstić information content (AvgIpc) is 3.32. The molecule has 1 aliphatic carbocycles. The maximum absolute atomic E-state index is 10.6. The van der Waals surface area contributed by atoms with Crippen LogP contribution in [0.4, 0.5) is 19.1 Å². The summed E-state index contributed by atoms with van der Waals surface area (Å²) in [5, 5.41) is 7.12. The van der Waals surface area contributed by atoms with E-state index in [2.05, 4.69) is 21.4 Å². The highest BCUT2D eigenvalue weighted by atomic mass is 19.4. The van der Waals surface area contributed by atoms with E-state index in [0.717, 1.165) is 48.8 Å². The molecule has 2 fully saturated rings. The summed E-state index contributed by atoms with van der Waals surface area (Å²) >= 11 is 0. The number of aliphatic carboxylic acids is 1. The first-order valence-electron chi connectivity index (χ1n) is 10.6. The minimum Gasteiger partial charge on any atom is -0.493 e. The monoisotopic (exact) mass is 458 g/mol. The number of anilines is 1. The number of nitrogen functional groups attached to an aromatic ring is 1. The average molecular weight is 458 g/mol. The van der Waals surface area contributed by atoms with Crippen LogP contribution in [0.3, 0.4) is 0 Å². The molecule has 0 radical (unpaired) electrons. The molecule has 2 aromatic rings. The summed E-state index contributed by atoms with van der Waals surface area (Å²) in [6.07, 6.45) is -0.214. The summed E-state index contributed by atoms with van der Waals surface area (Å²) < 4.78 is 45.6. The van der Waals surface area contributed by atoms with Gasteiger partial charge < -0.3 is 29.8 Å². The highest BCUT2D eigenvalue weighted by molar-refractivity contribution is 5.82. The Bertz CT molecular complexity index is 935. The second-order valence-corrected chi connectivity index (χ2v) is 8.10. The number of methoxy groups -OCH3 is 1. The number of hydrogen-bond acceptors (Lipinski definition) is 6. The molecular weight excluding hydrogens is 429 g/mol. The van der Waals surface area contributed by atoms with E-state index in [1.165, 1.54) is 25.7 Å². The van der Waals surface area contributed by atoms with Gasteiger partial charge in [-0.1, -0.05) is 19.8 Å². The van der Waals surface area contributed by atoms with Crippen molar-refractivity contribution >= 4 is 23.0 Å². The van der Waals surface area contributed by atoms with E-state index in [1.807, 2.05) is 12.1 Å². The standard InChI is InChI=1S/C19H28N4O2.C2HF3O2/c1-3-22-10-13(11-22)12-25-18-8-15-16(9-17(18)24-2)23(19(20)21-15)14-6-4-5-7-14;3-2(4,5)1(6)7/h8-9,13-14H,3-7,10-12H2,1-2H3,(H2,20,21);(H,6,7). The summed E-state index contributed by atoms with van der Waals surface area (Å²) in [5.41, 5.74) is 8.17. The molecule has 0 spiro atoms. The zero-order valence-corrected chi connectivity index (χ0v) is 18.2. The van der Waals surface area contributed by atoms with Gasteiger partial charge in [0.05, 0.1) is 24.8 Å².